The van der Waals surface area contributed by atoms with Gasteiger partial charge in [0.05, 0.1) is 11.9 Å². The molecule has 0 unspecified atom stereocenters. The summed E-state index contributed by atoms with van der Waals surface area (Å²) in [5.74, 6) is -1.77. The van der Waals surface area contributed by atoms with Crippen LogP contribution in [-0.4, -0.2) is 38.0 Å². The molecular formula is C24H19Cl2IN4O4. The number of aromatic nitrogens is 2. The molecule has 5 rings (SSSR count). The van der Waals surface area contributed by atoms with Crippen molar-refractivity contribution in [1.29, 1.82) is 0 Å². The fourth-order valence-corrected chi connectivity index (χ4v) is 5.30. The van der Waals surface area contributed by atoms with E-state index in [4.69, 9.17) is 23.2 Å². The van der Waals surface area contributed by atoms with Crippen molar-refractivity contribution >= 4 is 75.2 Å². The second kappa shape index (κ2) is 8.49. The van der Waals surface area contributed by atoms with Crippen molar-refractivity contribution in [3.63, 3.8) is 0 Å². The maximum absolute atomic E-state index is 14.0. The van der Waals surface area contributed by atoms with E-state index in [0.29, 0.717) is 28.6 Å². The molecule has 1 fully saturated rings. The molecule has 1 saturated carbocycles. The molecule has 0 spiro atoms. The van der Waals surface area contributed by atoms with E-state index in [0.717, 1.165) is 9.13 Å². The average molecular weight is 625 g/mol. The largest absolute Gasteiger partial charge is 0.480 e. The SMILES string of the molecule is C[C@@]1(Cc2ccc(I)cc2)C(=O)N(c2cc(Cl)cc(Cl)c2)c2ncc(C(=O)NC3(C(=O)O)CC3)n21. The molecule has 0 radical (unpaired) electrons. The van der Waals surface area contributed by atoms with Crippen molar-refractivity contribution in [2.45, 2.75) is 37.3 Å². The van der Waals surface area contributed by atoms with Crippen LogP contribution in [-0.2, 0) is 21.5 Å². The summed E-state index contributed by atoms with van der Waals surface area (Å²) in [6, 6.07) is 12.5. The van der Waals surface area contributed by atoms with Gasteiger partial charge in [-0.2, -0.15) is 0 Å². The number of carboxylic acid groups (broad SMARTS) is 1. The highest BCUT2D eigenvalue weighted by Crippen LogP contribution is 2.44. The second-order valence-electron chi connectivity index (χ2n) is 8.97. The van der Waals surface area contributed by atoms with Crippen molar-refractivity contribution in [3.8, 4) is 0 Å². The molecule has 8 nitrogen and oxygen atoms in total. The van der Waals surface area contributed by atoms with Gasteiger partial charge in [-0.3, -0.25) is 14.2 Å². The Morgan fingerprint density at radius 2 is 1.77 bits per heavy atom. The summed E-state index contributed by atoms with van der Waals surface area (Å²) >= 11 is 14.6. The molecular weight excluding hydrogens is 606 g/mol. The predicted octanol–water partition coefficient (Wildman–Crippen LogP) is 4.78. The van der Waals surface area contributed by atoms with Crippen LogP contribution >= 0.6 is 45.8 Å². The first-order valence-electron chi connectivity index (χ1n) is 10.7. The number of fused-ring (bicyclic) bond motifs is 1. The Hall–Kier alpha value is -2.63. The number of nitrogens with one attached hydrogen (secondary N) is 1. The zero-order valence-corrected chi connectivity index (χ0v) is 22.1. The lowest BCUT2D eigenvalue weighted by molar-refractivity contribution is -0.140. The third-order valence-corrected chi connectivity index (χ3v) is 7.57. The number of carboxylic acids is 1. The van der Waals surface area contributed by atoms with Gasteiger partial charge in [-0.25, -0.2) is 14.7 Å². The molecule has 2 heterocycles. The van der Waals surface area contributed by atoms with Gasteiger partial charge in [-0.1, -0.05) is 35.3 Å². The van der Waals surface area contributed by atoms with Gasteiger partial charge in [0.2, 0.25) is 5.95 Å². The number of rotatable bonds is 6. The van der Waals surface area contributed by atoms with Gasteiger partial charge in [0.1, 0.15) is 16.8 Å². The van der Waals surface area contributed by atoms with E-state index in [-0.39, 0.29) is 24.0 Å². The molecule has 2 aromatic carbocycles. The zero-order valence-electron chi connectivity index (χ0n) is 18.4. The molecule has 35 heavy (non-hydrogen) atoms. The Balaban J connectivity index is 1.62. The number of aliphatic carboxylic acids is 1. The van der Waals surface area contributed by atoms with Crippen molar-refractivity contribution in [1.82, 2.24) is 14.9 Å². The number of anilines is 2. The smallest absolute Gasteiger partial charge is 0.329 e. The number of imidazole rings is 1. The molecule has 1 aliphatic carbocycles. The number of halogens is 3. The molecule has 1 atom stereocenters. The number of benzene rings is 2. The first-order chi connectivity index (χ1) is 16.5. The molecule has 0 bridgehead atoms. The summed E-state index contributed by atoms with van der Waals surface area (Å²) in [6.07, 6.45) is 2.34. The van der Waals surface area contributed by atoms with Crippen LogP contribution in [0, 0.1) is 3.57 Å². The van der Waals surface area contributed by atoms with E-state index in [9.17, 15) is 19.5 Å². The van der Waals surface area contributed by atoms with Crippen LogP contribution < -0.4 is 10.2 Å². The fraction of sp³-hybridized carbons (Fsp3) is 0.250. The number of carbonyl (C=O) groups excluding carboxylic acids is 2. The van der Waals surface area contributed by atoms with E-state index < -0.39 is 23.0 Å². The summed E-state index contributed by atoms with van der Waals surface area (Å²) in [6.45, 7) is 1.74. The maximum atomic E-state index is 14.0. The Morgan fingerprint density at radius 3 is 2.34 bits per heavy atom. The first kappa shape index (κ1) is 24.1. The molecule has 2 aliphatic rings. The molecule has 0 saturated heterocycles. The lowest BCUT2D eigenvalue weighted by atomic mass is 9.91. The normalized spacial score (nSPS) is 20.0. The van der Waals surface area contributed by atoms with Crippen LogP contribution in [0.1, 0.15) is 35.8 Å². The van der Waals surface area contributed by atoms with Gasteiger partial charge in [-0.05, 0) is 78.3 Å². The Morgan fingerprint density at radius 1 is 1.14 bits per heavy atom. The summed E-state index contributed by atoms with van der Waals surface area (Å²) < 4.78 is 2.63. The molecule has 1 aliphatic heterocycles. The van der Waals surface area contributed by atoms with Gasteiger partial charge < -0.3 is 10.4 Å². The van der Waals surface area contributed by atoms with Gasteiger partial charge in [0.15, 0.2) is 0 Å². The van der Waals surface area contributed by atoms with Crippen molar-refractivity contribution in [2.24, 2.45) is 0 Å². The van der Waals surface area contributed by atoms with Crippen LogP contribution in [0.3, 0.4) is 0 Å². The summed E-state index contributed by atoms with van der Waals surface area (Å²) in [7, 11) is 0. The summed E-state index contributed by atoms with van der Waals surface area (Å²) in [4.78, 5) is 44.7. The summed E-state index contributed by atoms with van der Waals surface area (Å²) in [5, 5.41) is 12.8. The zero-order chi connectivity index (χ0) is 25.1. The molecule has 2 amide bonds. The molecule has 2 N–H and O–H groups in total. The number of hydrogen-bond acceptors (Lipinski definition) is 4. The van der Waals surface area contributed by atoms with Crippen molar-refractivity contribution in [3.05, 3.63) is 73.5 Å². The number of nitrogens with zero attached hydrogens (tertiary/aromatic N) is 3. The predicted molar refractivity (Wildman–Crippen MR) is 139 cm³/mol. The number of hydrogen-bond donors (Lipinski definition) is 2. The quantitative estimate of drug-likeness (QED) is 0.384. The highest BCUT2D eigenvalue weighted by atomic mass is 127. The van der Waals surface area contributed by atoms with Gasteiger partial charge in [0.25, 0.3) is 11.8 Å². The maximum Gasteiger partial charge on any atom is 0.329 e. The van der Waals surface area contributed by atoms with E-state index in [1.807, 2.05) is 24.3 Å². The third-order valence-electron chi connectivity index (χ3n) is 6.41. The van der Waals surface area contributed by atoms with Crippen LogP contribution in [0.25, 0.3) is 0 Å². The number of amides is 2. The van der Waals surface area contributed by atoms with Gasteiger partial charge >= 0.3 is 5.97 Å². The van der Waals surface area contributed by atoms with E-state index >= 15 is 0 Å². The fourth-order valence-electron chi connectivity index (χ4n) is 4.43. The average Bonchev–Trinajstić information content (AvgIpc) is 3.38. The first-order valence-corrected chi connectivity index (χ1v) is 12.6. The minimum atomic E-state index is -1.28. The van der Waals surface area contributed by atoms with Crippen LogP contribution in [0.15, 0.2) is 48.7 Å². The minimum Gasteiger partial charge on any atom is -0.480 e. The van der Waals surface area contributed by atoms with Crippen LogP contribution in [0.2, 0.25) is 10.0 Å². The van der Waals surface area contributed by atoms with Crippen molar-refractivity contribution in [2.75, 3.05) is 4.90 Å². The van der Waals surface area contributed by atoms with Crippen LogP contribution in [0.4, 0.5) is 11.6 Å². The highest BCUT2D eigenvalue weighted by molar-refractivity contribution is 14.1. The molecule has 3 aromatic rings. The third kappa shape index (κ3) is 4.09. The second-order valence-corrected chi connectivity index (χ2v) is 11.1. The topological polar surface area (TPSA) is 105 Å². The molecule has 11 heteroatoms. The van der Waals surface area contributed by atoms with E-state index in [1.165, 1.54) is 11.1 Å². The van der Waals surface area contributed by atoms with E-state index in [1.54, 1.807) is 29.7 Å². The highest BCUT2D eigenvalue weighted by Gasteiger charge is 2.54. The van der Waals surface area contributed by atoms with E-state index in [2.05, 4.69) is 32.9 Å². The van der Waals surface area contributed by atoms with Gasteiger partial charge in [-0.15, -0.1) is 0 Å². The Kier molecular flexibility index (Phi) is 5.84. The van der Waals surface area contributed by atoms with Crippen molar-refractivity contribution < 1.29 is 19.5 Å². The Labute approximate surface area is 224 Å². The van der Waals surface area contributed by atoms with Crippen LogP contribution in [0.5, 0.6) is 0 Å². The van der Waals surface area contributed by atoms with Gasteiger partial charge in [0, 0.05) is 20.0 Å². The summed E-state index contributed by atoms with van der Waals surface area (Å²) in [5.41, 5.74) is -1.09. The Bertz CT molecular complexity index is 1370. The number of carbonyl (C=O) groups is 3. The molecule has 180 valence electrons. The lowest BCUT2D eigenvalue weighted by Gasteiger charge is -2.27. The monoisotopic (exact) mass is 624 g/mol. The minimum absolute atomic E-state index is 0.101. The lowest BCUT2D eigenvalue weighted by Crippen LogP contribution is -2.46. The standard InChI is InChI=1S/C24H19Cl2IN4O4/c1-23(11-13-2-4-16(27)5-3-13)20(33)30(17-9-14(25)8-15(26)10-17)22-28-12-18(31(22)23)19(32)29-24(6-7-24)21(34)35/h2-5,8-10,12H,6-7,11H2,1H3,(H,29,32)(H,34,35)/t23-/m1/s1. The molecule has 1 aromatic heterocycles.